The van der Waals surface area contributed by atoms with Gasteiger partial charge in [0.25, 0.3) is 5.91 Å². The average molecular weight is 445 g/mol. The number of rotatable bonds is 12. The minimum absolute atomic E-state index is 0.0352. The second-order valence-corrected chi connectivity index (χ2v) is 7.12. The Bertz CT molecular complexity index is 810. The van der Waals surface area contributed by atoms with Gasteiger partial charge in [-0.05, 0) is 55.8 Å². The smallest absolute Gasteiger partial charge is 0.337 e. The lowest BCUT2D eigenvalue weighted by atomic mass is 10.1. The Labute approximate surface area is 191 Å². The molecule has 0 saturated heterocycles. The van der Waals surface area contributed by atoms with Gasteiger partial charge in [0.15, 0.2) is 0 Å². The molecule has 0 bridgehead atoms. The SMILES string of the molecule is COC(=O)c1cccc(OC)c1.COc1cccc(C(=O)NCCCCCCCCN)c1. The molecule has 0 spiro atoms. The third-order valence-electron chi connectivity index (χ3n) is 4.74. The zero-order valence-electron chi connectivity index (χ0n) is 19.4. The summed E-state index contributed by atoms with van der Waals surface area (Å²) in [5, 5.41) is 2.94. The Balaban J connectivity index is 0.000000363. The third kappa shape index (κ3) is 10.8. The zero-order valence-corrected chi connectivity index (χ0v) is 19.4. The van der Waals surface area contributed by atoms with Gasteiger partial charge in [0.1, 0.15) is 11.5 Å². The van der Waals surface area contributed by atoms with Crippen LogP contribution in [0.1, 0.15) is 59.2 Å². The van der Waals surface area contributed by atoms with Crippen molar-refractivity contribution in [1.29, 1.82) is 0 Å². The maximum Gasteiger partial charge on any atom is 0.337 e. The molecule has 0 aromatic heterocycles. The number of amides is 1. The fourth-order valence-corrected chi connectivity index (χ4v) is 2.91. The van der Waals surface area contributed by atoms with Gasteiger partial charge in [-0.3, -0.25) is 4.79 Å². The van der Waals surface area contributed by atoms with E-state index in [0.717, 1.165) is 32.4 Å². The Kier molecular flexibility index (Phi) is 14.0. The van der Waals surface area contributed by atoms with Crippen LogP contribution in [0.4, 0.5) is 0 Å². The lowest BCUT2D eigenvalue weighted by Crippen LogP contribution is -2.24. The van der Waals surface area contributed by atoms with Gasteiger partial charge in [-0.1, -0.05) is 37.8 Å². The van der Waals surface area contributed by atoms with Crippen molar-refractivity contribution < 1.29 is 23.8 Å². The van der Waals surface area contributed by atoms with E-state index in [-0.39, 0.29) is 11.9 Å². The summed E-state index contributed by atoms with van der Waals surface area (Å²) in [6.45, 7) is 1.52. The summed E-state index contributed by atoms with van der Waals surface area (Å²) in [5.74, 6) is 0.969. The van der Waals surface area contributed by atoms with Crippen molar-refractivity contribution in [3.05, 3.63) is 59.7 Å². The van der Waals surface area contributed by atoms with Crippen LogP contribution < -0.4 is 20.5 Å². The first kappa shape index (κ1) is 27.0. The summed E-state index contributed by atoms with van der Waals surface area (Å²) in [6.07, 6.45) is 6.97. The molecule has 0 unspecified atom stereocenters. The Morgan fingerprint density at radius 1 is 0.781 bits per heavy atom. The maximum absolute atomic E-state index is 11.9. The number of esters is 1. The van der Waals surface area contributed by atoms with E-state index in [1.54, 1.807) is 50.6 Å². The largest absolute Gasteiger partial charge is 0.497 e. The highest BCUT2D eigenvalue weighted by Gasteiger charge is 2.06. The van der Waals surface area contributed by atoms with Crippen molar-refractivity contribution in [2.45, 2.75) is 38.5 Å². The van der Waals surface area contributed by atoms with Crippen LogP contribution in [-0.4, -0.2) is 46.3 Å². The molecular weight excluding hydrogens is 408 g/mol. The Morgan fingerprint density at radius 3 is 1.88 bits per heavy atom. The molecule has 0 fully saturated rings. The van der Waals surface area contributed by atoms with Crippen molar-refractivity contribution >= 4 is 11.9 Å². The molecule has 32 heavy (non-hydrogen) atoms. The highest BCUT2D eigenvalue weighted by molar-refractivity contribution is 5.94. The van der Waals surface area contributed by atoms with Crippen LogP contribution in [0.3, 0.4) is 0 Å². The first-order valence-corrected chi connectivity index (χ1v) is 10.9. The van der Waals surface area contributed by atoms with Crippen molar-refractivity contribution in [1.82, 2.24) is 5.32 Å². The normalized spacial score (nSPS) is 9.88. The molecule has 2 rings (SSSR count). The van der Waals surface area contributed by atoms with E-state index < -0.39 is 0 Å². The third-order valence-corrected chi connectivity index (χ3v) is 4.74. The van der Waals surface area contributed by atoms with E-state index in [0.29, 0.717) is 22.6 Å². The molecule has 2 aromatic rings. The van der Waals surface area contributed by atoms with Gasteiger partial charge in [-0.2, -0.15) is 0 Å². The van der Waals surface area contributed by atoms with Crippen LogP contribution in [0.2, 0.25) is 0 Å². The Morgan fingerprint density at radius 2 is 1.31 bits per heavy atom. The van der Waals surface area contributed by atoms with Crippen molar-refractivity contribution in [2.24, 2.45) is 5.73 Å². The molecular formula is C25H36N2O5. The summed E-state index contributed by atoms with van der Waals surface area (Å²) in [5.41, 5.74) is 6.59. The fourth-order valence-electron chi connectivity index (χ4n) is 2.91. The van der Waals surface area contributed by atoms with Gasteiger partial charge in [-0.15, -0.1) is 0 Å². The molecule has 0 heterocycles. The van der Waals surface area contributed by atoms with Crippen LogP contribution in [0.5, 0.6) is 11.5 Å². The number of carbonyl (C=O) groups is 2. The zero-order chi connectivity index (χ0) is 23.6. The standard InChI is InChI=1S/C16H26N2O2.C9H10O3/c1-20-15-10-8-9-14(13-15)16(19)18-12-7-5-3-2-4-6-11-17;1-11-8-5-3-4-7(6-8)9(10)12-2/h8-10,13H,2-7,11-12,17H2,1H3,(H,18,19);3-6H,1-2H3. The summed E-state index contributed by atoms with van der Waals surface area (Å²) < 4.78 is 14.6. The van der Waals surface area contributed by atoms with Crippen LogP contribution in [0.25, 0.3) is 0 Å². The topological polar surface area (TPSA) is 99.9 Å². The number of unbranched alkanes of at least 4 members (excludes halogenated alkanes) is 5. The number of ether oxygens (including phenoxy) is 3. The lowest BCUT2D eigenvalue weighted by molar-refractivity contribution is 0.0600. The molecule has 0 radical (unpaired) electrons. The molecule has 0 saturated carbocycles. The summed E-state index contributed by atoms with van der Waals surface area (Å²) in [4.78, 5) is 22.9. The number of nitrogens with one attached hydrogen (secondary N) is 1. The van der Waals surface area contributed by atoms with E-state index in [4.69, 9.17) is 15.2 Å². The second kappa shape index (κ2) is 16.6. The van der Waals surface area contributed by atoms with Gasteiger partial charge in [0, 0.05) is 12.1 Å². The number of hydrogen-bond donors (Lipinski definition) is 2. The number of hydrogen-bond acceptors (Lipinski definition) is 6. The minimum Gasteiger partial charge on any atom is -0.497 e. The van der Waals surface area contributed by atoms with Crippen molar-refractivity contribution in [2.75, 3.05) is 34.4 Å². The molecule has 176 valence electrons. The first-order valence-electron chi connectivity index (χ1n) is 10.9. The van der Waals surface area contributed by atoms with Gasteiger partial charge in [0.2, 0.25) is 0 Å². The number of carbonyl (C=O) groups excluding carboxylic acids is 2. The number of methoxy groups -OCH3 is 3. The maximum atomic E-state index is 11.9. The summed E-state index contributed by atoms with van der Waals surface area (Å²) in [7, 11) is 4.50. The van der Waals surface area contributed by atoms with Crippen LogP contribution in [-0.2, 0) is 4.74 Å². The quantitative estimate of drug-likeness (QED) is 0.376. The van der Waals surface area contributed by atoms with E-state index in [1.807, 2.05) is 12.1 Å². The molecule has 0 aliphatic rings. The Hall–Kier alpha value is -3.06. The number of benzene rings is 2. The molecule has 2 aromatic carbocycles. The van der Waals surface area contributed by atoms with E-state index >= 15 is 0 Å². The van der Waals surface area contributed by atoms with Crippen LogP contribution in [0, 0.1) is 0 Å². The van der Waals surface area contributed by atoms with Gasteiger partial charge in [-0.25, -0.2) is 4.79 Å². The van der Waals surface area contributed by atoms with E-state index in [2.05, 4.69) is 10.1 Å². The van der Waals surface area contributed by atoms with Crippen molar-refractivity contribution in [3.8, 4) is 11.5 Å². The number of nitrogens with two attached hydrogens (primary N) is 1. The molecule has 0 aliphatic carbocycles. The highest BCUT2D eigenvalue weighted by atomic mass is 16.5. The van der Waals surface area contributed by atoms with Gasteiger partial charge >= 0.3 is 5.97 Å². The van der Waals surface area contributed by atoms with Crippen LogP contribution in [0.15, 0.2) is 48.5 Å². The molecule has 7 heteroatoms. The molecule has 7 nitrogen and oxygen atoms in total. The van der Waals surface area contributed by atoms with E-state index in [1.165, 1.54) is 26.4 Å². The lowest BCUT2D eigenvalue weighted by Gasteiger charge is -2.06. The predicted molar refractivity (Wildman–Crippen MR) is 126 cm³/mol. The fraction of sp³-hybridized carbons (Fsp3) is 0.440. The average Bonchev–Trinajstić information content (AvgIpc) is 2.85. The molecule has 1 amide bonds. The second-order valence-electron chi connectivity index (χ2n) is 7.12. The van der Waals surface area contributed by atoms with Crippen LogP contribution >= 0.6 is 0 Å². The monoisotopic (exact) mass is 444 g/mol. The summed E-state index contributed by atoms with van der Waals surface area (Å²) in [6, 6.07) is 14.0. The van der Waals surface area contributed by atoms with E-state index in [9.17, 15) is 9.59 Å². The molecule has 3 N–H and O–H groups in total. The molecule has 0 atom stereocenters. The minimum atomic E-state index is -0.353. The van der Waals surface area contributed by atoms with Crippen molar-refractivity contribution in [3.63, 3.8) is 0 Å². The molecule has 0 aliphatic heterocycles. The highest BCUT2D eigenvalue weighted by Crippen LogP contribution is 2.13. The predicted octanol–water partition coefficient (Wildman–Crippen LogP) is 4.21. The van der Waals surface area contributed by atoms with Gasteiger partial charge in [0.05, 0.1) is 26.9 Å². The van der Waals surface area contributed by atoms with Gasteiger partial charge < -0.3 is 25.3 Å². The summed E-state index contributed by atoms with van der Waals surface area (Å²) >= 11 is 0. The first-order chi connectivity index (χ1) is 15.5.